The van der Waals surface area contributed by atoms with Crippen LogP contribution >= 0.6 is 0 Å². The van der Waals surface area contributed by atoms with Crippen LogP contribution in [0.5, 0.6) is 0 Å². The molecule has 6 rings (SSSR count). The van der Waals surface area contributed by atoms with E-state index in [9.17, 15) is 0 Å². The highest BCUT2D eigenvalue weighted by atomic mass is 14.9. The van der Waals surface area contributed by atoms with Crippen molar-refractivity contribution in [2.24, 2.45) is 7.05 Å². The van der Waals surface area contributed by atoms with Gasteiger partial charge in [0, 0.05) is 13.0 Å². The van der Waals surface area contributed by atoms with Crippen molar-refractivity contribution in [1.29, 1.82) is 0 Å². The van der Waals surface area contributed by atoms with Gasteiger partial charge >= 0.3 is 0 Å². The number of hydrogen-bond acceptors (Lipinski definition) is 0. The second-order valence-corrected chi connectivity index (χ2v) is 10.0. The Kier molecular flexibility index (Phi) is 3.92. The van der Waals surface area contributed by atoms with Gasteiger partial charge in [0.1, 0.15) is 7.05 Å². The minimum absolute atomic E-state index is 0.773. The molecule has 2 saturated carbocycles. The highest BCUT2D eigenvalue weighted by molar-refractivity contribution is 5.94. The van der Waals surface area contributed by atoms with E-state index in [0.717, 1.165) is 17.8 Å². The molecule has 3 aliphatic carbocycles. The summed E-state index contributed by atoms with van der Waals surface area (Å²) in [5.74, 6) is 2.42. The lowest BCUT2D eigenvalue weighted by Crippen LogP contribution is -2.35. The third kappa shape index (κ3) is 2.62. The van der Waals surface area contributed by atoms with Crippen molar-refractivity contribution in [2.75, 3.05) is 0 Å². The Morgan fingerprint density at radius 3 is 2.28 bits per heavy atom. The third-order valence-corrected chi connectivity index (χ3v) is 8.38. The molecule has 0 N–H and O–H groups in total. The molecule has 2 aromatic carbocycles. The van der Waals surface area contributed by atoms with Gasteiger partial charge in [-0.15, -0.1) is 0 Å². The fourth-order valence-electron chi connectivity index (χ4n) is 6.69. The van der Waals surface area contributed by atoms with E-state index in [1.807, 2.05) is 0 Å². The zero-order chi connectivity index (χ0) is 19.7. The lowest BCUT2D eigenvalue weighted by molar-refractivity contribution is -0.665. The summed E-state index contributed by atoms with van der Waals surface area (Å²) in [7, 11) is 2.24. The zero-order valence-electron chi connectivity index (χ0n) is 18.1. The Morgan fingerprint density at radius 2 is 1.52 bits per heavy atom. The Balaban J connectivity index is 1.56. The molecule has 148 valence electrons. The van der Waals surface area contributed by atoms with Gasteiger partial charge in [0.15, 0.2) is 5.69 Å². The van der Waals surface area contributed by atoms with E-state index in [4.69, 9.17) is 0 Å². The van der Waals surface area contributed by atoms with Crippen LogP contribution in [0.3, 0.4) is 0 Å². The fraction of sp³-hybridized carbons (Fsp3) is 0.464. The topological polar surface area (TPSA) is 3.88 Å². The number of aromatic nitrogens is 1. The van der Waals surface area contributed by atoms with Crippen molar-refractivity contribution in [3.63, 3.8) is 0 Å². The predicted molar refractivity (Wildman–Crippen MR) is 121 cm³/mol. The summed E-state index contributed by atoms with van der Waals surface area (Å²) in [5, 5.41) is 2.83. The number of benzene rings is 2. The summed E-state index contributed by atoms with van der Waals surface area (Å²) in [5.41, 5.74) is 10.5. The standard InChI is InChI=1S/C28H32N/c1-17-12-26-21-8-9-22(15-21)27(26)16-25(17)28-24-11-10-20(19-6-4-5-7-19)14-23(24)13-18(2)29(28)3/h10-14,16,19,21-22H,4-9,15H2,1-3H3/q+1. The normalized spacial score (nSPS) is 23.3. The van der Waals surface area contributed by atoms with Crippen molar-refractivity contribution in [3.8, 4) is 11.3 Å². The second kappa shape index (κ2) is 6.42. The van der Waals surface area contributed by atoms with Crippen LogP contribution in [0.15, 0.2) is 36.4 Å². The van der Waals surface area contributed by atoms with Gasteiger partial charge in [0.05, 0.1) is 10.9 Å². The molecule has 3 aliphatic rings. The quantitative estimate of drug-likeness (QED) is 0.421. The van der Waals surface area contributed by atoms with Gasteiger partial charge < -0.3 is 0 Å². The number of aryl methyl sites for hydroxylation is 2. The Bertz CT molecular complexity index is 1130. The number of nitrogens with zero attached hydrogens (tertiary/aromatic N) is 1. The molecule has 1 nitrogen and oxygen atoms in total. The lowest BCUT2D eigenvalue weighted by atomic mass is 9.86. The molecule has 29 heavy (non-hydrogen) atoms. The first kappa shape index (κ1) is 17.7. The van der Waals surface area contributed by atoms with E-state index < -0.39 is 0 Å². The predicted octanol–water partition coefficient (Wildman–Crippen LogP) is 6.97. The van der Waals surface area contributed by atoms with Crippen molar-refractivity contribution in [1.82, 2.24) is 0 Å². The minimum Gasteiger partial charge on any atom is -0.198 e. The van der Waals surface area contributed by atoms with Crippen LogP contribution in [0.2, 0.25) is 0 Å². The molecule has 2 fully saturated rings. The molecule has 2 unspecified atom stereocenters. The summed E-state index contributed by atoms with van der Waals surface area (Å²) in [6.07, 6.45) is 9.71. The molecule has 1 aromatic heterocycles. The van der Waals surface area contributed by atoms with Gasteiger partial charge in [0.25, 0.3) is 0 Å². The van der Waals surface area contributed by atoms with E-state index in [-0.39, 0.29) is 0 Å². The highest BCUT2D eigenvalue weighted by Gasteiger charge is 2.38. The maximum atomic E-state index is 2.56. The van der Waals surface area contributed by atoms with Gasteiger partial charge in [-0.05, 0) is 96.6 Å². The number of rotatable bonds is 2. The summed E-state index contributed by atoms with van der Waals surface area (Å²) >= 11 is 0. The molecular weight excluding hydrogens is 350 g/mol. The molecule has 2 atom stereocenters. The molecule has 1 heteroatoms. The summed E-state index contributed by atoms with van der Waals surface area (Å²) < 4.78 is 2.42. The zero-order valence-corrected chi connectivity index (χ0v) is 18.1. The SMILES string of the molecule is Cc1cc2c(cc1-c1c3ccc(C4CCCC4)cc3cc(C)[n+]1C)C1CCC2C1. The Hall–Kier alpha value is -2.15. The summed E-state index contributed by atoms with van der Waals surface area (Å²) in [4.78, 5) is 0. The third-order valence-electron chi connectivity index (χ3n) is 8.38. The lowest BCUT2D eigenvalue weighted by Gasteiger charge is -2.19. The van der Waals surface area contributed by atoms with Crippen LogP contribution in [0.4, 0.5) is 0 Å². The first-order chi connectivity index (χ1) is 14.1. The molecule has 1 heterocycles. The van der Waals surface area contributed by atoms with Crippen LogP contribution in [0, 0.1) is 13.8 Å². The maximum absolute atomic E-state index is 2.56. The number of pyridine rings is 1. The average Bonchev–Trinajstić information content (AvgIpc) is 3.46. The van der Waals surface area contributed by atoms with Crippen molar-refractivity contribution in [2.45, 2.75) is 76.5 Å². The molecule has 0 spiro atoms. The monoisotopic (exact) mass is 382 g/mol. The van der Waals surface area contributed by atoms with Crippen LogP contribution in [0.1, 0.15) is 90.6 Å². The van der Waals surface area contributed by atoms with Crippen LogP contribution in [0.25, 0.3) is 22.0 Å². The van der Waals surface area contributed by atoms with Crippen molar-refractivity contribution >= 4 is 10.8 Å². The van der Waals surface area contributed by atoms with Crippen molar-refractivity contribution in [3.05, 3.63) is 64.3 Å². The van der Waals surface area contributed by atoms with Gasteiger partial charge in [0.2, 0.25) is 5.69 Å². The van der Waals surface area contributed by atoms with E-state index in [1.54, 1.807) is 16.7 Å². The minimum atomic E-state index is 0.773. The first-order valence-corrected chi connectivity index (χ1v) is 11.7. The van der Waals surface area contributed by atoms with Crippen LogP contribution < -0.4 is 4.57 Å². The number of hydrogen-bond donors (Lipinski definition) is 0. The van der Waals surface area contributed by atoms with Crippen molar-refractivity contribution < 1.29 is 4.57 Å². The number of fused-ring (bicyclic) bond motifs is 6. The molecule has 3 aromatic rings. The average molecular weight is 383 g/mol. The smallest absolute Gasteiger partial charge is 0.198 e. The molecule has 0 aliphatic heterocycles. The van der Waals surface area contributed by atoms with Crippen LogP contribution in [-0.2, 0) is 7.05 Å². The largest absolute Gasteiger partial charge is 0.220 e. The Labute approximate surface area is 174 Å². The van der Waals surface area contributed by atoms with Gasteiger partial charge in [-0.2, -0.15) is 4.57 Å². The molecular formula is C28H32N+. The first-order valence-electron chi connectivity index (χ1n) is 11.7. The molecule has 0 saturated heterocycles. The second-order valence-electron chi connectivity index (χ2n) is 10.0. The molecule has 0 radical (unpaired) electrons. The summed E-state index contributed by atoms with van der Waals surface area (Å²) in [6, 6.07) is 14.8. The fourth-order valence-corrected chi connectivity index (χ4v) is 6.69. The van der Waals surface area contributed by atoms with E-state index in [2.05, 4.69) is 61.9 Å². The molecule has 2 bridgehead atoms. The summed E-state index contributed by atoms with van der Waals surface area (Å²) in [6.45, 7) is 4.58. The van der Waals surface area contributed by atoms with Gasteiger partial charge in [-0.3, -0.25) is 0 Å². The van der Waals surface area contributed by atoms with E-state index in [0.29, 0.717) is 0 Å². The van der Waals surface area contributed by atoms with E-state index >= 15 is 0 Å². The van der Waals surface area contributed by atoms with E-state index in [1.165, 1.54) is 78.2 Å². The Morgan fingerprint density at radius 1 is 0.793 bits per heavy atom. The highest BCUT2D eigenvalue weighted by Crippen LogP contribution is 2.54. The molecule has 0 amide bonds. The van der Waals surface area contributed by atoms with Gasteiger partial charge in [-0.1, -0.05) is 31.0 Å². The van der Waals surface area contributed by atoms with Gasteiger partial charge in [-0.25, -0.2) is 0 Å². The maximum Gasteiger partial charge on any atom is 0.220 e. The van der Waals surface area contributed by atoms with Crippen LogP contribution in [-0.4, -0.2) is 0 Å².